The van der Waals surface area contributed by atoms with Crippen LogP contribution in [0.25, 0.3) is 0 Å². The number of carbonyl (C=O) groups is 1. The molecule has 7 heteroatoms. The molecule has 21 heavy (non-hydrogen) atoms. The summed E-state index contributed by atoms with van der Waals surface area (Å²) in [5.74, 6) is -0.275. The molecule has 0 bridgehead atoms. The molecule has 7 nitrogen and oxygen atoms in total. The number of nitro benzene ring substituents is 1. The van der Waals surface area contributed by atoms with Crippen molar-refractivity contribution in [3.8, 4) is 0 Å². The minimum absolute atomic E-state index is 0.0293. The van der Waals surface area contributed by atoms with Crippen LogP contribution >= 0.6 is 0 Å². The fraction of sp³-hybridized carbons (Fsp3) is 0.500. The lowest BCUT2D eigenvalue weighted by Gasteiger charge is -2.23. The second-order valence-electron chi connectivity index (χ2n) is 4.82. The van der Waals surface area contributed by atoms with Gasteiger partial charge in [-0.05, 0) is 25.5 Å². The summed E-state index contributed by atoms with van der Waals surface area (Å²) in [5.41, 5.74) is 0.655. The Morgan fingerprint density at radius 2 is 2.05 bits per heavy atom. The first kappa shape index (κ1) is 16.9. The molecule has 0 atom stereocenters. The van der Waals surface area contributed by atoms with Crippen LogP contribution in [0.4, 0.5) is 11.4 Å². The van der Waals surface area contributed by atoms with Crippen LogP contribution in [-0.2, 0) is 0 Å². The van der Waals surface area contributed by atoms with Gasteiger partial charge < -0.3 is 14.9 Å². The number of aliphatic hydroxyl groups excluding tert-OH is 1. The average Bonchev–Trinajstić information content (AvgIpc) is 2.47. The zero-order valence-corrected chi connectivity index (χ0v) is 12.6. The van der Waals surface area contributed by atoms with E-state index in [1.165, 1.54) is 11.0 Å². The van der Waals surface area contributed by atoms with E-state index in [0.717, 1.165) is 0 Å². The molecule has 0 saturated heterocycles. The molecule has 0 spiro atoms. The summed E-state index contributed by atoms with van der Waals surface area (Å²) < 4.78 is 0. The van der Waals surface area contributed by atoms with E-state index in [9.17, 15) is 14.9 Å². The smallest absolute Gasteiger partial charge is 0.293 e. The molecule has 0 saturated carbocycles. The highest BCUT2D eigenvalue weighted by Gasteiger charge is 2.21. The maximum Gasteiger partial charge on any atom is 0.293 e. The van der Waals surface area contributed by atoms with Gasteiger partial charge in [0.05, 0.1) is 4.92 Å². The van der Waals surface area contributed by atoms with Crippen LogP contribution in [0.2, 0.25) is 0 Å². The van der Waals surface area contributed by atoms with Gasteiger partial charge >= 0.3 is 0 Å². The van der Waals surface area contributed by atoms with Crippen LogP contribution < -0.4 is 4.90 Å². The zero-order chi connectivity index (χ0) is 16.0. The van der Waals surface area contributed by atoms with E-state index in [1.54, 1.807) is 26.2 Å². The largest absolute Gasteiger partial charge is 0.396 e. The Kier molecular flexibility index (Phi) is 6.10. The molecule has 0 aliphatic carbocycles. The molecule has 1 rings (SSSR count). The van der Waals surface area contributed by atoms with E-state index in [4.69, 9.17) is 5.11 Å². The fourth-order valence-corrected chi connectivity index (χ4v) is 2.04. The molecule has 1 amide bonds. The first-order valence-electron chi connectivity index (χ1n) is 6.78. The van der Waals surface area contributed by atoms with Crippen molar-refractivity contribution in [1.82, 2.24) is 4.90 Å². The summed E-state index contributed by atoms with van der Waals surface area (Å²) >= 11 is 0. The van der Waals surface area contributed by atoms with E-state index in [0.29, 0.717) is 25.2 Å². The standard InChI is InChI=1S/C14H21N3O4/c1-4-16(8-5-9-18)12-7-6-11(14(19)15(2)3)10-13(12)17(20)21/h6-7,10,18H,4-5,8-9H2,1-3H3. The van der Waals surface area contributed by atoms with Crippen LogP contribution in [0.5, 0.6) is 0 Å². The van der Waals surface area contributed by atoms with Crippen LogP contribution in [0, 0.1) is 10.1 Å². The third-order valence-electron chi connectivity index (χ3n) is 3.13. The van der Waals surface area contributed by atoms with Gasteiger partial charge in [-0.2, -0.15) is 0 Å². The van der Waals surface area contributed by atoms with E-state index in [-0.39, 0.29) is 23.8 Å². The number of nitrogens with zero attached hydrogens (tertiary/aromatic N) is 3. The van der Waals surface area contributed by atoms with Crippen LogP contribution in [0.1, 0.15) is 23.7 Å². The van der Waals surface area contributed by atoms with Gasteiger partial charge in [-0.1, -0.05) is 0 Å². The van der Waals surface area contributed by atoms with Crippen molar-refractivity contribution >= 4 is 17.3 Å². The summed E-state index contributed by atoms with van der Waals surface area (Å²) in [5, 5.41) is 20.2. The number of hydrogen-bond acceptors (Lipinski definition) is 5. The molecule has 0 radical (unpaired) electrons. The molecule has 1 aromatic carbocycles. The summed E-state index contributed by atoms with van der Waals surface area (Å²) in [4.78, 5) is 25.9. The maximum atomic E-state index is 11.9. The van der Waals surface area contributed by atoms with Gasteiger partial charge in [-0.3, -0.25) is 14.9 Å². The van der Waals surface area contributed by atoms with E-state index < -0.39 is 4.92 Å². The molecule has 0 heterocycles. The molecular weight excluding hydrogens is 274 g/mol. The number of aliphatic hydroxyl groups is 1. The Balaban J connectivity index is 3.21. The molecule has 0 unspecified atom stereocenters. The highest BCUT2D eigenvalue weighted by atomic mass is 16.6. The lowest BCUT2D eigenvalue weighted by atomic mass is 10.1. The van der Waals surface area contributed by atoms with Crippen LogP contribution in [0.15, 0.2) is 18.2 Å². The van der Waals surface area contributed by atoms with Crippen molar-refractivity contribution < 1.29 is 14.8 Å². The highest BCUT2D eigenvalue weighted by Crippen LogP contribution is 2.29. The van der Waals surface area contributed by atoms with Crippen molar-refractivity contribution in [3.05, 3.63) is 33.9 Å². The van der Waals surface area contributed by atoms with Crippen molar-refractivity contribution in [2.75, 3.05) is 38.7 Å². The van der Waals surface area contributed by atoms with Crippen molar-refractivity contribution in [2.45, 2.75) is 13.3 Å². The lowest BCUT2D eigenvalue weighted by molar-refractivity contribution is -0.384. The van der Waals surface area contributed by atoms with E-state index in [1.807, 2.05) is 11.8 Å². The third-order valence-corrected chi connectivity index (χ3v) is 3.13. The quantitative estimate of drug-likeness (QED) is 0.608. The number of rotatable bonds is 7. The number of anilines is 1. The van der Waals surface area contributed by atoms with Gasteiger partial charge in [0.15, 0.2) is 0 Å². The Labute approximate surface area is 123 Å². The normalized spacial score (nSPS) is 10.3. The molecular formula is C14H21N3O4. The van der Waals surface area contributed by atoms with Crippen molar-refractivity contribution in [2.24, 2.45) is 0 Å². The fourth-order valence-electron chi connectivity index (χ4n) is 2.04. The molecule has 0 fully saturated rings. The average molecular weight is 295 g/mol. The van der Waals surface area contributed by atoms with Gasteiger partial charge in [-0.25, -0.2) is 0 Å². The molecule has 0 aliphatic rings. The lowest BCUT2D eigenvalue weighted by Crippen LogP contribution is -2.26. The minimum atomic E-state index is -0.483. The number of benzene rings is 1. The molecule has 0 aliphatic heterocycles. The van der Waals surface area contributed by atoms with Gasteiger partial charge in [0.25, 0.3) is 11.6 Å². The first-order chi connectivity index (χ1) is 9.92. The van der Waals surface area contributed by atoms with Crippen molar-refractivity contribution in [3.63, 3.8) is 0 Å². The summed E-state index contributed by atoms with van der Waals surface area (Å²) in [6, 6.07) is 4.49. The first-order valence-corrected chi connectivity index (χ1v) is 6.78. The molecule has 1 N–H and O–H groups in total. The SMILES string of the molecule is CCN(CCCO)c1ccc(C(=O)N(C)C)cc1[N+](=O)[O-]. The molecule has 0 aromatic heterocycles. The summed E-state index contributed by atoms with van der Waals surface area (Å²) in [6.07, 6.45) is 0.531. The number of amides is 1. The van der Waals surface area contributed by atoms with E-state index in [2.05, 4.69) is 0 Å². The van der Waals surface area contributed by atoms with Crippen molar-refractivity contribution in [1.29, 1.82) is 0 Å². The highest BCUT2D eigenvalue weighted by molar-refractivity contribution is 5.95. The molecule has 1 aromatic rings. The second kappa shape index (κ2) is 7.58. The minimum Gasteiger partial charge on any atom is -0.396 e. The van der Waals surface area contributed by atoms with E-state index >= 15 is 0 Å². The Morgan fingerprint density at radius 3 is 2.52 bits per heavy atom. The number of hydrogen-bond donors (Lipinski definition) is 1. The summed E-state index contributed by atoms with van der Waals surface area (Å²) in [7, 11) is 3.20. The van der Waals surface area contributed by atoms with Gasteiger partial charge in [0, 0.05) is 45.4 Å². The van der Waals surface area contributed by atoms with Gasteiger partial charge in [0.2, 0.25) is 0 Å². The number of nitro groups is 1. The third kappa shape index (κ3) is 4.16. The summed E-state index contributed by atoms with van der Waals surface area (Å²) in [6.45, 7) is 3.03. The maximum absolute atomic E-state index is 11.9. The van der Waals surface area contributed by atoms with Gasteiger partial charge in [-0.15, -0.1) is 0 Å². The zero-order valence-electron chi connectivity index (χ0n) is 12.6. The van der Waals surface area contributed by atoms with Crippen LogP contribution in [0.3, 0.4) is 0 Å². The predicted molar refractivity (Wildman–Crippen MR) is 80.7 cm³/mol. The Hall–Kier alpha value is -2.15. The van der Waals surface area contributed by atoms with Gasteiger partial charge in [0.1, 0.15) is 5.69 Å². The monoisotopic (exact) mass is 295 g/mol. The topological polar surface area (TPSA) is 86.9 Å². The van der Waals surface area contributed by atoms with Crippen LogP contribution in [-0.4, -0.2) is 54.6 Å². The predicted octanol–water partition coefficient (Wildman–Crippen LogP) is 1.51. The Bertz CT molecular complexity index is 517. The Morgan fingerprint density at radius 1 is 1.38 bits per heavy atom. The second-order valence-corrected chi connectivity index (χ2v) is 4.82. The molecule has 116 valence electrons. The number of carbonyl (C=O) groups excluding carboxylic acids is 1.